The topological polar surface area (TPSA) is 33.3 Å². The average Bonchev–Trinajstić information content (AvgIpc) is 2.35. The normalized spacial score (nSPS) is 19.2. The van der Waals surface area contributed by atoms with E-state index < -0.39 is 0 Å². The zero-order chi connectivity index (χ0) is 12.3. The Kier molecular flexibility index (Phi) is 4.02. The van der Waals surface area contributed by atoms with Crippen molar-refractivity contribution in [3.8, 4) is 5.75 Å². The summed E-state index contributed by atoms with van der Waals surface area (Å²) < 4.78 is 5.28. The molecule has 0 aliphatic carbocycles. The molecule has 1 aromatic carbocycles. The third kappa shape index (κ3) is 3.20. The molecule has 0 fully saturated rings. The highest BCUT2D eigenvalue weighted by Gasteiger charge is 2.18. The maximum atomic E-state index is 5.28. The van der Waals surface area contributed by atoms with Gasteiger partial charge in [0.1, 0.15) is 5.75 Å². The van der Waals surface area contributed by atoms with Crippen molar-refractivity contribution < 1.29 is 4.74 Å². The second-order valence-electron chi connectivity index (χ2n) is 4.98. The van der Waals surface area contributed by atoms with Crippen LogP contribution in [-0.2, 0) is 13.0 Å². The molecule has 0 radical (unpaired) electrons. The van der Waals surface area contributed by atoms with Gasteiger partial charge in [0.15, 0.2) is 0 Å². The van der Waals surface area contributed by atoms with Gasteiger partial charge in [-0.25, -0.2) is 0 Å². The van der Waals surface area contributed by atoms with Crippen LogP contribution in [0.3, 0.4) is 0 Å². The summed E-state index contributed by atoms with van der Waals surface area (Å²) in [5.41, 5.74) is 2.81. The van der Waals surface area contributed by atoms with Crippen LogP contribution in [0.4, 0.5) is 0 Å². The number of nitrogens with one attached hydrogen (secondary N) is 2. The van der Waals surface area contributed by atoms with E-state index in [0.29, 0.717) is 12.1 Å². The Morgan fingerprint density at radius 2 is 2.24 bits per heavy atom. The van der Waals surface area contributed by atoms with Crippen molar-refractivity contribution in [2.24, 2.45) is 0 Å². The van der Waals surface area contributed by atoms with Gasteiger partial charge in [0.2, 0.25) is 0 Å². The number of hydrogen-bond donors (Lipinski definition) is 2. The molecule has 17 heavy (non-hydrogen) atoms. The summed E-state index contributed by atoms with van der Waals surface area (Å²) in [6, 6.07) is 7.43. The standard InChI is InChI=1S/C14H22N2O/c1-10(2)15-9-13-6-12-7-14(17-3)5-4-11(12)8-16-13/h4-5,7,10,13,15-16H,6,8-9H2,1-3H3. The largest absolute Gasteiger partial charge is 0.497 e. The molecule has 94 valence electrons. The molecule has 2 N–H and O–H groups in total. The van der Waals surface area contributed by atoms with Crippen molar-refractivity contribution in [3.05, 3.63) is 29.3 Å². The van der Waals surface area contributed by atoms with Gasteiger partial charge in [-0.15, -0.1) is 0 Å². The van der Waals surface area contributed by atoms with Gasteiger partial charge in [0.25, 0.3) is 0 Å². The van der Waals surface area contributed by atoms with Crippen LogP contribution in [0.5, 0.6) is 5.75 Å². The predicted octanol–water partition coefficient (Wildman–Crippen LogP) is 1.71. The number of fused-ring (bicyclic) bond motifs is 1. The summed E-state index contributed by atoms with van der Waals surface area (Å²) >= 11 is 0. The highest BCUT2D eigenvalue weighted by molar-refractivity contribution is 5.37. The first kappa shape index (κ1) is 12.4. The minimum absolute atomic E-state index is 0.525. The minimum Gasteiger partial charge on any atom is -0.497 e. The fraction of sp³-hybridized carbons (Fsp3) is 0.571. The van der Waals surface area contributed by atoms with Crippen LogP contribution in [0.1, 0.15) is 25.0 Å². The maximum absolute atomic E-state index is 5.28. The molecular formula is C14H22N2O. The first-order chi connectivity index (χ1) is 8.19. The van der Waals surface area contributed by atoms with Crippen LogP contribution in [-0.4, -0.2) is 25.7 Å². The zero-order valence-electron chi connectivity index (χ0n) is 10.9. The highest BCUT2D eigenvalue weighted by Crippen LogP contribution is 2.22. The summed E-state index contributed by atoms with van der Waals surface area (Å²) in [5.74, 6) is 0.959. The lowest BCUT2D eigenvalue weighted by Crippen LogP contribution is -2.44. The first-order valence-corrected chi connectivity index (χ1v) is 6.31. The van der Waals surface area contributed by atoms with Crippen LogP contribution in [0, 0.1) is 0 Å². The summed E-state index contributed by atoms with van der Waals surface area (Å²) in [6.45, 7) is 6.34. The van der Waals surface area contributed by atoms with Crippen LogP contribution < -0.4 is 15.4 Å². The number of benzene rings is 1. The molecule has 0 spiro atoms. The van der Waals surface area contributed by atoms with Crippen LogP contribution in [0.15, 0.2) is 18.2 Å². The summed E-state index contributed by atoms with van der Waals surface area (Å²) in [4.78, 5) is 0. The number of hydrogen-bond acceptors (Lipinski definition) is 3. The molecule has 2 rings (SSSR count). The van der Waals surface area contributed by atoms with Crippen LogP contribution >= 0.6 is 0 Å². The molecule has 3 heteroatoms. The van der Waals surface area contributed by atoms with E-state index in [1.54, 1.807) is 7.11 Å². The van der Waals surface area contributed by atoms with Gasteiger partial charge in [0, 0.05) is 25.2 Å². The summed E-state index contributed by atoms with van der Waals surface area (Å²) in [7, 11) is 1.72. The van der Waals surface area contributed by atoms with E-state index in [9.17, 15) is 0 Å². The molecule has 1 unspecified atom stereocenters. The Hall–Kier alpha value is -1.06. The molecule has 1 aliphatic rings. The van der Waals surface area contributed by atoms with Crippen molar-refractivity contribution in [2.45, 2.75) is 38.9 Å². The second-order valence-corrected chi connectivity index (χ2v) is 4.98. The van der Waals surface area contributed by atoms with E-state index in [1.807, 2.05) is 6.07 Å². The van der Waals surface area contributed by atoms with E-state index in [2.05, 4.69) is 36.6 Å². The molecule has 0 amide bonds. The molecule has 1 aliphatic heterocycles. The maximum Gasteiger partial charge on any atom is 0.119 e. The average molecular weight is 234 g/mol. The Morgan fingerprint density at radius 1 is 1.41 bits per heavy atom. The van der Waals surface area contributed by atoms with Crippen molar-refractivity contribution in [3.63, 3.8) is 0 Å². The molecule has 0 saturated heterocycles. The first-order valence-electron chi connectivity index (χ1n) is 6.31. The lowest BCUT2D eigenvalue weighted by Gasteiger charge is -2.27. The van der Waals surface area contributed by atoms with Crippen LogP contribution in [0.2, 0.25) is 0 Å². The van der Waals surface area contributed by atoms with E-state index >= 15 is 0 Å². The van der Waals surface area contributed by atoms with Crippen LogP contribution in [0.25, 0.3) is 0 Å². The SMILES string of the molecule is COc1ccc2c(c1)CC(CNC(C)C)NC2. The number of ether oxygens (including phenoxy) is 1. The van der Waals surface area contributed by atoms with Gasteiger partial charge in [-0.05, 0) is 29.7 Å². The Labute approximate surface area is 104 Å². The van der Waals surface area contributed by atoms with Gasteiger partial charge in [-0.3, -0.25) is 0 Å². The lowest BCUT2D eigenvalue weighted by molar-refractivity contribution is 0.407. The Morgan fingerprint density at radius 3 is 2.94 bits per heavy atom. The molecule has 1 heterocycles. The van der Waals surface area contributed by atoms with Gasteiger partial charge in [-0.2, -0.15) is 0 Å². The lowest BCUT2D eigenvalue weighted by atomic mass is 9.95. The van der Waals surface area contributed by atoms with E-state index in [0.717, 1.165) is 25.3 Å². The van der Waals surface area contributed by atoms with Crippen molar-refractivity contribution in [1.29, 1.82) is 0 Å². The second kappa shape index (κ2) is 5.52. The third-order valence-electron chi connectivity index (χ3n) is 3.23. The van der Waals surface area contributed by atoms with E-state index in [4.69, 9.17) is 4.74 Å². The van der Waals surface area contributed by atoms with Gasteiger partial charge < -0.3 is 15.4 Å². The zero-order valence-corrected chi connectivity index (χ0v) is 10.9. The number of rotatable bonds is 4. The van der Waals surface area contributed by atoms with Gasteiger partial charge >= 0.3 is 0 Å². The Balaban J connectivity index is 2.01. The quantitative estimate of drug-likeness (QED) is 0.832. The molecular weight excluding hydrogens is 212 g/mol. The van der Waals surface area contributed by atoms with Crippen molar-refractivity contribution in [1.82, 2.24) is 10.6 Å². The van der Waals surface area contributed by atoms with Crippen molar-refractivity contribution >= 4 is 0 Å². The summed E-state index contributed by atoms with van der Waals surface area (Å²) in [6.07, 6.45) is 1.08. The number of methoxy groups -OCH3 is 1. The molecule has 0 bridgehead atoms. The minimum atomic E-state index is 0.525. The Bertz CT molecular complexity index is 376. The molecule has 3 nitrogen and oxygen atoms in total. The molecule has 0 saturated carbocycles. The van der Waals surface area contributed by atoms with Gasteiger partial charge in [0.05, 0.1) is 7.11 Å². The van der Waals surface area contributed by atoms with Crippen molar-refractivity contribution in [2.75, 3.05) is 13.7 Å². The van der Waals surface area contributed by atoms with Gasteiger partial charge in [-0.1, -0.05) is 19.9 Å². The fourth-order valence-electron chi connectivity index (χ4n) is 2.21. The van der Waals surface area contributed by atoms with E-state index in [-0.39, 0.29) is 0 Å². The monoisotopic (exact) mass is 234 g/mol. The third-order valence-corrected chi connectivity index (χ3v) is 3.23. The fourth-order valence-corrected chi connectivity index (χ4v) is 2.21. The molecule has 1 aromatic rings. The highest BCUT2D eigenvalue weighted by atomic mass is 16.5. The predicted molar refractivity (Wildman–Crippen MR) is 70.5 cm³/mol. The van der Waals surface area contributed by atoms with E-state index in [1.165, 1.54) is 11.1 Å². The summed E-state index contributed by atoms with van der Waals surface area (Å²) in [5, 5.41) is 7.05. The smallest absolute Gasteiger partial charge is 0.119 e. The molecule has 0 aromatic heterocycles. The molecule has 1 atom stereocenters.